The molecule has 0 spiro atoms. The van der Waals surface area contributed by atoms with Gasteiger partial charge in [-0.1, -0.05) is 0 Å². The van der Waals surface area contributed by atoms with E-state index in [1.165, 1.54) is 7.11 Å². The Morgan fingerprint density at radius 3 is 3.00 bits per heavy atom. The summed E-state index contributed by atoms with van der Waals surface area (Å²) >= 11 is 0. The molecule has 1 heterocycles. The molecule has 0 radical (unpaired) electrons. The fourth-order valence-corrected chi connectivity index (χ4v) is 1.41. The number of carbonyl (C=O) groups excluding carboxylic acids is 1. The Bertz CT molecular complexity index is 373. The molecule has 0 saturated heterocycles. The average molecular weight is 179 g/mol. The summed E-state index contributed by atoms with van der Waals surface area (Å²) in [6.07, 6.45) is 0.326. The smallest absolute Gasteiger partial charge is 0.228 e. The van der Waals surface area contributed by atoms with E-state index in [2.05, 4.69) is 5.32 Å². The lowest BCUT2D eigenvalue weighted by atomic mass is 10.1. The molecule has 0 fully saturated rings. The highest BCUT2D eigenvalue weighted by Crippen LogP contribution is 2.35. The van der Waals surface area contributed by atoms with Crippen molar-refractivity contribution in [1.29, 1.82) is 0 Å². The number of hydrogen-bond acceptors (Lipinski definition) is 3. The van der Waals surface area contributed by atoms with Gasteiger partial charge in [-0.2, -0.15) is 0 Å². The first kappa shape index (κ1) is 7.91. The predicted molar refractivity (Wildman–Crippen MR) is 47.0 cm³/mol. The molecule has 0 unspecified atom stereocenters. The van der Waals surface area contributed by atoms with E-state index >= 15 is 0 Å². The first-order valence-electron chi connectivity index (χ1n) is 3.90. The largest absolute Gasteiger partial charge is 0.504 e. The first-order valence-corrected chi connectivity index (χ1v) is 3.90. The lowest BCUT2D eigenvalue weighted by molar-refractivity contribution is -0.115. The van der Waals surface area contributed by atoms with Crippen molar-refractivity contribution in [2.75, 3.05) is 12.4 Å². The molecule has 0 aromatic heterocycles. The molecule has 0 bridgehead atoms. The first-order chi connectivity index (χ1) is 6.20. The molecule has 1 amide bonds. The molecule has 2 rings (SSSR count). The topological polar surface area (TPSA) is 58.6 Å². The number of anilines is 1. The third-order valence-electron chi connectivity index (χ3n) is 2.03. The highest BCUT2D eigenvalue weighted by atomic mass is 16.5. The van der Waals surface area contributed by atoms with Crippen LogP contribution in [-0.4, -0.2) is 18.1 Å². The number of methoxy groups -OCH3 is 1. The van der Waals surface area contributed by atoms with Crippen LogP contribution in [-0.2, 0) is 11.2 Å². The van der Waals surface area contributed by atoms with Crippen LogP contribution < -0.4 is 10.1 Å². The van der Waals surface area contributed by atoms with Crippen LogP contribution in [0.2, 0.25) is 0 Å². The third-order valence-corrected chi connectivity index (χ3v) is 2.03. The standard InChI is InChI=1S/C9H9NO3/c1-13-8-4-6-5(2-7(8)11)3-9(12)10-6/h2,4,11H,3H2,1H3,(H,10,12). The molecule has 1 aliphatic rings. The predicted octanol–water partition coefficient (Wildman–Crippen LogP) is 0.895. The fraction of sp³-hybridized carbons (Fsp3) is 0.222. The minimum absolute atomic E-state index is 0.0531. The monoisotopic (exact) mass is 179 g/mol. The summed E-state index contributed by atoms with van der Waals surface area (Å²) in [5, 5.41) is 12.1. The van der Waals surface area contributed by atoms with E-state index in [0.717, 1.165) is 11.3 Å². The Labute approximate surface area is 75.1 Å². The second-order valence-corrected chi connectivity index (χ2v) is 2.91. The molecule has 1 aromatic carbocycles. The van der Waals surface area contributed by atoms with Gasteiger partial charge in [0.2, 0.25) is 5.91 Å². The van der Waals surface area contributed by atoms with Gasteiger partial charge in [0.15, 0.2) is 11.5 Å². The minimum atomic E-state index is -0.0531. The molecule has 0 aliphatic carbocycles. The van der Waals surface area contributed by atoms with Crippen LogP contribution in [0, 0.1) is 0 Å². The van der Waals surface area contributed by atoms with Crippen molar-refractivity contribution in [3.8, 4) is 11.5 Å². The number of amides is 1. The number of ether oxygens (including phenoxy) is 1. The summed E-state index contributed by atoms with van der Waals surface area (Å²) in [6.45, 7) is 0. The number of benzene rings is 1. The summed E-state index contributed by atoms with van der Waals surface area (Å²) in [6, 6.07) is 3.17. The van der Waals surface area contributed by atoms with Gasteiger partial charge in [0.1, 0.15) is 0 Å². The molecule has 0 saturated carbocycles. The number of nitrogens with one attached hydrogen (secondary N) is 1. The number of phenols is 1. The molecule has 68 valence electrons. The molecular weight excluding hydrogens is 170 g/mol. The van der Waals surface area contributed by atoms with Gasteiger partial charge in [-0.25, -0.2) is 0 Å². The lowest BCUT2D eigenvalue weighted by Gasteiger charge is -2.05. The van der Waals surface area contributed by atoms with E-state index in [-0.39, 0.29) is 11.7 Å². The summed E-state index contributed by atoms with van der Waals surface area (Å²) in [5.74, 6) is 0.390. The van der Waals surface area contributed by atoms with Crippen molar-refractivity contribution in [3.63, 3.8) is 0 Å². The molecular formula is C9H9NO3. The highest BCUT2D eigenvalue weighted by molar-refractivity contribution is 5.99. The van der Waals surface area contributed by atoms with Crippen molar-refractivity contribution in [1.82, 2.24) is 0 Å². The number of hydrogen-bond donors (Lipinski definition) is 2. The zero-order valence-corrected chi connectivity index (χ0v) is 7.13. The number of aromatic hydroxyl groups is 1. The van der Waals surface area contributed by atoms with Gasteiger partial charge in [-0.05, 0) is 11.6 Å². The van der Waals surface area contributed by atoms with Crippen molar-refractivity contribution in [2.24, 2.45) is 0 Å². The summed E-state index contributed by atoms with van der Waals surface area (Å²) < 4.78 is 4.90. The normalized spacial score (nSPS) is 13.8. The molecule has 4 heteroatoms. The summed E-state index contributed by atoms with van der Waals surface area (Å²) in [5.41, 5.74) is 1.53. The van der Waals surface area contributed by atoms with Gasteiger partial charge in [-0.15, -0.1) is 0 Å². The third kappa shape index (κ3) is 1.20. The second kappa shape index (κ2) is 2.65. The van der Waals surface area contributed by atoms with Crippen LogP contribution in [0.25, 0.3) is 0 Å². The maximum atomic E-state index is 11.0. The Hall–Kier alpha value is -1.71. The van der Waals surface area contributed by atoms with Crippen LogP contribution in [0.15, 0.2) is 12.1 Å². The van der Waals surface area contributed by atoms with E-state index < -0.39 is 0 Å². The average Bonchev–Trinajstić information content (AvgIpc) is 2.42. The molecule has 0 atom stereocenters. The summed E-state index contributed by atoms with van der Waals surface area (Å²) in [7, 11) is 1.47. The van der Waals surface area contributed by atoms with Crippen molar-refractivity contribution in [2.45, 2.75) is 6.42 Å². The molecule has 1 aromatic rings. The summed E-state index contributed by atoms with van der Waals surface area (Å²) in [4.78, 5) is 11.0. The van der Waals surface area contributed by atoms with Crippen LogP contribution in [0.1, 0.15) is 5.56 Å². The van der Waals surface area contributed by atoms with Gasteiger partial charge >= 0.3 is 0 Å². The van der Waals surface area contributed by atoms with Gasteiger partial charge in [0.05, 0.1) is 13.5 Å². The van der Waals surface area contributed by atoms with Crippen LogP contribution in [0.4, 0.5) is 5.69 Å². The maximum absolute atomic E-state index is 11.0. The number of rotatable bonds is 1. The number of phenolic OH excluding ortho intramolecular Hbond substituents is 1. The molecule has 4 nitrogen and oxygen atoms in total. The lowest BCUT2D eigenvalue weighted by Crippen LogP contribution is -2.03. The Morgan fingerprint density at radius 2 is 2.31 bits per heavy atom. The van der Waals surface area contributed by atoms with Gasteiger partial charge in [-0.3, -0.25) is 4.79 Å². The van der Waals surface area contributed by atoms with Crippen molar-refractivity contribution in [3.05, 3.63) is 17.7 Å². The van der Waals surface area contributed by atoms with Gasteiger partial charge in [0.25, 0.3) is 0 Å². The molecule has 13 heavy (non-hydrogen) atoms. The van der Waals surface area contributed by atoms with Crippen molar-refractivity contribution >= 4 is 11.6 Å². The van der Waals surface area contributed by atoms with E-state index in [0.29, 0.717) is 12.2 Å². The zero-order chi connectivity index (χ0) is 9.42. The number of carbonyl (C=O) groups is 1. The highest BCUT2D eigenvalue weighted by Gasteiger charge is 2.19. The minimum Gasteiger partial charge on any atom is -0.504 e. The quantitative estimate of drug-likeness (QED) is 0.629. The SMILES string of the molecule is COc1cc2c(cc1O)CC(=O)N2. The van der Waals surface area contributed by atoms with E-state index in [9.17, 15) is 9.90 Å². The van der Waals surface area contributed by atoms with Gasteiger partial charge < -0.3 is 15.2 Å². The maximum Gasteiger partial charge on any atom is 0.228 e. The van der Waals surface area contributed by atoms with Crippen molar-refractivity contribution < 1.29 is 14.6 Å². The zero-order valence-electron chi connectivity index (χ0n) is 7.13. The van der Waals surface area contributed by atoms with E-state index in [4.69, 9.17) is 4.74 Å². The fourth-order valence-electron chi connectivity index (χ4n) is 1.41. The molecule has 1 aliphatic heterocycles. The number of fused-ring (bicyclic) bond motifs is 1. The van der Waals surface area contributed by atoms with Crippen LogP contribution >= 0.6 is 0 Å². The van der Waals surface area contributed by atoms with Crippen LogP contribution in [0.3, 0.4) is 0 Å². The second-order valence-electron chi connectivity index (χ2n) is 2.91. The van der Waals surface area contributed by atoms with E-state index in [1.54, 1.807) is 12.1 Å². The van der Waals surface area contributed by atoms with E-state index in [1.807, 2.05) is 0 Å². The Morgan fingerprint density at radius 1 is 1.54 bits per heavy atom. The van der Waals surface area contributed by atoms with Crippen LogP contribution in [0.5, 0.6) is 11.5 Å². The Kier molecular flexibility index (Phi) is 1.62. The molecule has 2 N–H and O–H groups in total. The van der Waals surface area contributed by atoms with Gasteiger partial charge in [0, 0.05) is 11.8 Å². The Balaban J connectivity index is 2.50.